The van der Waals surface area contributed by atoms with Crippen molar-refractivity contribution < 1.29 is 14.3 Å². The first-order valence-corrected chi connectivity index (χ1v) is 10.0. The Morgan fingerprint density at radius 2 is 1.52 bits per heavy atom. The maximum atomic E-state index is 12.6. The van der Waals surface area contributed by atoms with E-state index in [0.29, 0.717) is 30.2 Å². The summed E-state index contributed by atoms with van der Waals surface area (Å²) in [4.78, 5) is 14.7. The van der Waals surface area contributed by atoms with Crippen molar-refractivity contribution >= 4 is 12.1 Å². The van der Waals surface area contributed by atoms with Gasteiger partial charge < -0.3 is 9.47 Å². The van der Waals surface area contributed by atoms with E-state index in [1.807, 2.05) is 36.4 Å². The smallest absolute Gasteiger partial charge is 0.254 e. The van der Waals surface area contributed by atoms with Crippen LogP contribution in [0.4, 0.5) is 0 Å². The van der Waals surface area contributed by atoms with Gasteiger partial charge in [0, 0.05) is 18.7 Å². The summed E-state index contributed by atoms with van der Waals surface area (Å²) in [6.07, 6.45) is 1.55. The second kappa shape index (κ2) is 11.5. The molecule has 0 bridgehead atoms. The van der Waals surface area contributed by atoms with Gasteiger partial charge in [-0.3, -0.25) is 9.69 Å². The quantitative estimate of drug-likeness (QED) is 0.402. The van der Waals surface area contributed by atoms with E-state index in [2.05, 4.69) is 39.7 Å². The minimum Gasteiger partial charge on any atom is -0.497 e. The molecule has 0 unspecified atom stereocenters. The van der Waals surface area contributed by atoms with E-state index < -0.39 is 0 Å². The van der Waals surface area contributed by atoms with Crippen molar-refractivity contribution in [1.82, 2.24) is 10.3 Å². The van der Waals surface area contributed by atoms with Crippen LogP contribution in [0.5, 0.6) is 11.5 Å². The first-order valence-electron chi connectivity index (χ1n) is 10.0. The first kappa shape index (κ1) is 22.1. The number of carbonyl (C=O) groups is 1. The van der Waals surface area contributed by atoms with Gasteiger partial charge in [-0.15, -0.1) is 0 Å². The van der Waals surface area contributed by atoms with Crippen LogP contribution < -0.4 is 14.9 Å². The Morgan fingerprint density at radius 3 is 2.06 bits per heavy atom. The normalized spacial score (nSPS) is 10.9. The third kappa shape index (κ3) is 6.97. The van der Waals surface area contributed by atoms with Crippen molar-refractivity contribution in [3.63, 3.8) is 0 Å². The molecule has 0 fully saturated rings. The first-order chi connectivity index (χ1) is 15.2. The number of benzene rings is 3. The lowest BCUT2D eigenvalue weighted by Crippen LogP contribution is -2.34. The van der Waals surface area contributed by atoms with Crippen molar-refractivity contribution in [3.8, 4) is 11.5 Å². The number of amides is 1. The summed E-state index contributed by atoms with van der Waals surface area (Å²) in [5.74, 6) is 1.14. The zero-order chi connectivity index (χ0) is 21.9. The largest absolute Gasteiger partial charge is 0.497 e. The lowest BCUT2D eigenvalue weighted by molar-refractivity contribution is -0.122. The van der Waals surface area contributed by atoms with Gasteiger partial charge in [0.1, 0.15) is 11.5 Å². The van der Waals surface area contributed by atoms with Crippen molar-refractivity contribution in [2.75, 3.05) is 20.8 Å². The SMILES string of the molecule is COc1ccc(OC)c(/C=N\NC(=O)CN(Cc2ccccc2)Cc2ccccc2)c1. The molecule has 1 N–H and O–H groups in total. The van der Waals surface area contributed by atoms with Gasteiger partial charge in [-0.2, -0.15) is 5.10 Å². The molecule has 1 amide bonds. The van der Waals surface area contributed by atoms with E-state index in [4.69, 9.17) is 9.47 Å². The van der Waals surface area contributed by atoms with Crippen LogP contribution in [0.3, 0.4) is 0 Å². The Kier molecular flexibility index (Phi) is 8.20. The number of carbonyl (C=O) groups excluding carboxylic acids is 1. The molecular weight excluding hydrogens is 390 g/mol. The Hall–Kier alpha value is -3.64. The van der Waals surface area contributed by atoms with E-state index in [1.165, 1.54) is 0 Å². The van der Waals surface area contributed by atoms with Crippen LogP contribution in [0, 0.1) is 0 Å². The molecule has 0 spiro atoms. The van der Waals surface area contributed by atoms with Crippen LogP contribution in [0.25, 0.3) is 0 Å². The van der Waals surface area contributed by atoms with E-state index >= 15 is 0 Å². The summed E-state index contributed by atoms with van der Waals surface area (Å²) >= 11 is 0. The van der Waals surface area contributed by atoms with Crippen LogP contribution in [0.2, 0.25) is 0 Å². The Labute approximate surface area is 183 Å². The monoisotopic (exact) mass is 417 g/mol. The van der Waals surface area contributed by atoms with Gasteiger partial charge in [-0.25, -0.2) is 5.43 Å². The van der Waals surface area contributed by atoms with Crippen LogP contribution in [0.15, 0.2) is 84.0 Å². The fourth-order valence-electron chi connectivity index (χ4n) is 3.20. The van der Waals surface area contributed by atoms with Crippen molar-refractivity contribution in [2.24, 2.45) is 5.10 Å². The van der Waals surface area contributed by atoms with Gasteiger partial charge in [0.15, 0.2) is 0 Å². The number of nitrogens with zero attached hydrogens (tertiary/aromatic N) is 2. The molecule has 0 heterocycles. The molecule has 3 aromatic rings. The number of methoxy groups -OCH3 is 2. The second-order valence-electron chi connectivity index (χ2n) is 7.02. The number of hydrogen-bond acceptors (Lipinski definition) is 5. The van der Waals surface area contributed by atoms with Crippen molar-refractivity contribution in [1.29, 1.82) is 0 Å². The van der Waals surface area contributed by atoms with Crippen molar-refractivity contribution in [2.45, 2.75) is 13.1 Å². The van der Waals surface area contributed by atoms with Crippen LogP contribution in [-0.4, -0.2) is 37.8 Å². The summed E-state index contributed by atoms with van der Waals surface area (Å²) < 4.78 is 10.6. The van der Waals surface area contributed by atoms with Crippen LogP contribution in [0.1, 0.15) is 16.7 Å². The zero-order valence-corrected chi connectivity index (χ0v) is 17.8. The maximum absolute atomic E-state index is 12.6. The molecule has 31 heavy (non-hydrogen) atoms. The summed E-state index contributed by atoms with van der Waals surface area (Å²) in [6.45, 7) is 1.55. The van der Waals surface area contributed by atoms with Gasteiger partial charge >= 0.3 is 0 Å². The number of hydrogen-bond donors (Lipinski definition) is 1. The molecule has 0 aliphatic rings. The van der Waals surface area contributed by atoms with Gasteiger partial charge in [-0.1, -0.05) is 60.7 Å². The summed E-state index contributed by atoms with van der Waals surface area (Å²) in [6, 6.07) is 25.6. The Balaban J connectivity index is 1.65. The molecule has 0 atom stereocenters. The number of ether oxygens (including phenoxy) is 2. The van der Waals surface area contributed by atoms with E-state index in [9.17, 15) is 4.79 Å². The highest BCUT2D eigenvalue weighted by molar-refractivity contribution is 5.86. The second-order valence-corrected chi connectivity index (χ2v) is 7.02. The number of nitrogens with one attached hydrogen (secondary N) is 1. The van der Waals surface area contributed by atoms with Crippen molar-refractivity contribution in [3.05, 3.63) is 95.6 Å². The molecule has 0 aromatic heterocycles. The van der Waals surface area contributed by atoms with Gasteiger partial charge in [0.25, 0.3) is 5.91 Å². The lowest BCUT2D eigenvalue weighted by atomic mass is 10.1. The molecule has 0 saturated carbocycles. The van der Waals surface area contributed by atoms with Gasteiger partial charge in [-0.05, 0) is 29.3 Å². The Morgan fingerprint density at radius 1 is 0.903 bits per heavy atom. The molecule has 0 saturated heterocycles. The molecule has 6 heteroatoms. The highest BCUT2D eigenvalue weighted by atomic mass is 16.5. The topological polar surface area (TPSA) is 63.2 Å². The molecule has 0 aliphatic carbocycles. The minimum absolute atomic E-state index is 0.190. The predicted molar refractivity (Wildman–Crippen MR) is 122 cm³/mol. The molecular formula is C25H27N3O3. The molecule has 160 valence electrons. The third-order valence-corrected chi connectivity index (χ3v) is 4.69. The summed E-state index contributed by atoms with van der Waals surface area (Å²) in [5, 5.41) is 4.11. The minimum atomic E-state index is -0.190. The lowest BCUT2D eigenvalue weighted by Gasteiger charge is -2.21. The fraction of sp³-hybridized carbons (Fsp3) is 0.200. The maximum Gasteiger partial charge on any atom is 0.254 e. The van der Waals surface area contributed by atoms with E-state index in [0.717, 1.165) is 11.1 Å². The Bertz CT molecular complexity index is 950. The number of hydrazone groups is 1. The molecule has 6 nitrogen and oxygen atoms in total. The number of rotatable bonds is 10. The molecule has 3 rings (SSSR count). The summed E-state index contributed by atoms with van der Waals surface area (Å²) in [7, 11) is 3.18. The van der Waals surface area contributed by atoms with E-state index in [-0.39, 0.29) is 12.5 Å². The average Bonchev–Trinajstić information content (AvgIpc) is 2.80. The third-order valence-electron chi connectivity index (χ3n) is 4.69. The predicted octanol–water partition coefficient (Wildman–Crippen LogP) is 3.86. The van der Waals surface area contributed by atoms with Gasteiger partial charge in [0.2, 0.25) is 0 Å². The zero-order valence-electron chi connectivity index (χ0n) is 17.8. The highest BCUT2D eigenvalue weighted by Crippen LogP contribution is 2.22. The van der Waals surface area contributed by atoms with Crippen LogP contribution >= 0.6 is 0 Å². The van der Waals surface area contributed by atoms with E-state index in [1.54, 1.807) is 38.6 Å². The average molecular weight is 418 g/mol. The molecule has 0 radical (unpaired) electrons. The standard InChI is InChI=1S/C25H27N3O3/c1-30-23-13-14-24(31-2)22(15-23)16-26-27-25(29)19-28(17-20-9-5-3-6-10-20)18-21-11-7-4-8-12-21/h3-16H,17-19H2,1-2H3,(H,27,29)/b26-16-. The fourth-order valence-corrected chi connectivity index (χ4v) is 3.20. The van der Waals surface area contributed by atoms with Crippen LogP contribution in [-0.2, 0) is 17.9 Å². The molecule has 3 aromatic carbocycles. The molecule has 0 aliphatic heterocycles. The van der Waals surface area contributed by atoms with Gasteiger partial charge in [0.05, 0.1) is 27.0 Å². The highest BCUT2D eigenvalue weighted by Gasteiger charge is 2.12. The summed E-state index contributed by atoms with van der Waals surface area (Å²) in [5.41, 5.74) is 5.63.